The second-order valence-corrected chi connectivity index (χ2v) is 4.06. The fourth-order valence-corrected chi connectivity index (χ4v) is 1.69. The minimum absolute atomic E-state index is 0.00121. The van der Waals surface area contributed by atoms with E-state index in [4.69, 9.17) is 4.52 Å². The summed E-state index contributed by atoms with van der Waals surface area (Å²) in [6, 6.07) is 5.65. The number of carboxylic acid groups (broad SMARTS) is 1. The Morgan fingerprint density at radius 3 is 2.76 bits per heavy atom. The molecule has 110 valence electrons. The van der Waals surface area contributed by atoms with Crippen LogP contribution in [-0.2, 0) is 0 Å². The maximum atomic E-state index is 13.2. The summed E-state index contributed by atoms with van der Waals surface area (Å²) in [6.45, 7) is 0.0590. The number of nitrogens with zero attached hydrogens (tertiary/aromatic N) is 1. The molecule has 0 aliphatic carbocycles. The highest BCUT2D eigenvalue weighted by atomic mass is 19.1. The van der Waals surface area contributed by atoms with E-state index in [-0.39, 0.29) is 18.8 Å². The molecule has 0 saturated carbocycles. The summed E-state index contributed by atoms with van der Waals surface area (Å²) in [6.07, 6.45) is -0.186. The van der Waals surface area contributed by atoms with Crippen molar-refractivity contribution in [3.63, 3.8) is 0 Å². The van der Waals surface area contributed by atoms with Crippen molar-refractivity contribution in [1.82, 2.24) is 15.8 Å². The highest BCUT2D eigenvalue weighted by Gasteiger charge is 2.17. The molecule has 7 nitrogen and oxygen atoms in total. The second kappa shape index (κ2) is 6.51. The first-order valence-electron chi connectivity index (χ1n) is 6.01. The largest absolute Gasteiger partial charge is 0.530 e. The summed E-state index contributed by atoms with van der Waals surface area (Å²) >= 11 is 0. The number of aromatic nitrogens is 1. The Hall–Kier alpha value is -2.90. The lowest BCUT2D eigenvalue weighted by Crippen LogP contribution is -2.41. The number of carbonyl (C=O) groups excluding carboxylic acids is 2. The molecule has 0 atom stereocenters. The molecule has 0 spiro atoms. The maximum absolute atomic E-state index is 13.2. The number of halogens is 1. The van der Waals surface area contributed by atoms with E-state index in [1.165, 1.54) is 24.5 Å². The van der Waals surface area contributed by atoms with Gasteiger partial charge in [-0.2, -0.15) is 0 Å². The molecular formula is C13H11FN3O4-. The van der Waals surface area contributed by atoms with Crippen LogP contribution < -0.4 is 15.7 Å². The van der Waals surface area contributed by atoms with Crippen LogP contribution in [0, 0.1) is 5.82 Å². The zero-order chi connectivity index (χ0) is 15.2. The number of amides is 2. The summed E-state index contributed by atoms with van der Waals surface area (Å²) < 4.78 is 17.9. The smallest absolute Gasteiger partial charge is 0.274 e. The molecule has 2 amide bonds. The maximum Gasteiger partial charge on any atom is 0.274 e. The number of hydrogen-bond donors (Lipinski definition) is 2. The summed E-state index contributed by atoms with van der Waals surface area (Å²) in [4.78, 5) is 22.1. The van der Waals surface area contributed by atoms with Crippen LogP contribution in [0.15, 0.2) is 35.1 Å². The molecule has 2 N–H and O–H groups in total. The minimum Gasteiger partial charge on any atom is -0.530 e. The quantitative estimate of drug-likeness (QED) is 0.762. The molecule has 1 heterocycles. The number of rotatable bonds is 5. The summed E-state index contributed by atoms with van der Waals surface area (Å²) in [7, 11) is 0. The van der Waals surface area contributed by atoms with Gasteiger partial charge in [0, 0.05) is 13.1 Å². The van der Waals surface area contributed by atoms with Gasteiger partial charge in [-0.25, -0.2) is 4.39 Å². The highest BCUT2D eigenvalue weighted by Crippen LogP contribution is 2.23. The molecule has 0 radical (unpaired) electrons. The third-order valence-corrected chi connectivity index (χ3v) is 2.60. The molecule has 21 heavy (non-hydrogen) atoms. The van der Waals surface area contributed by atoms with Crippen molar-refractivity contribution >= 4 is 12.0 Å². The molecule has 2 aromatic rings. The van der Waals surface area contributed by atoms with Crippen LogP contribution in [0.25, 0.3) is 11.1 Å². The Bertz CT molecular complexity index is 656. The number of benzene rings is 1. The van der Waals surface area contributed by atoms with Crippen LogP contribution in [0.3, 0.4) is 0 Å². The molecule has 1 aromatic carbocycles. The van der Waals surface area contributed by atoms with Gasteiger partial charge in [0.05, 0.1) is 5.56 Å². The SMILES string of the molecule is O=C([O-])NCCNC(=O)c1nocc1-c1cccc(F)c1. The normalized spacial score (nSPS) is 10.1. The molecular weight excluding hydrogens is 281 g/mol. The van der Waals surface area contributed by atoms with E-state index in [1.54, 1.807) is 6.07 Å². The second-order valence-electron chi connectivity index (χ2n) is 4.06. The number of nitrogens with one attached hydrogen (secondary N) is 2. The van der Waals surface area contributed by atoms with Gasteiger partial charge < -0.3 is 25.1 Å². The molecule has 2 rings (SSSR count). The van der Waals surface area contributed by atoms with Crippen molar-refractivity contribution in [1.29, 1.82) is 0 Å². The summed E-state index contributed by atoms with van der Waals surface area (Å²) in [5, 5.41) is 18.2. The van der Waals surface area contributed by atoms with Crippen LogP contribution in [0.5, 0.6) is 0 Å². The molecule has 0 bridgehead atoms. The van der Waals surface area contributed by atoms with E-state index >= 15 is 0 Å². The first-order valence-corrected chi connectivity index (χ1v) is 6.01. The van der Waals surface area contributed by atoms with Crippen molar-refractivity contribution in [3.8, 4) is 11.1 Å². The Morgan fingerprint density at radius 1 is 1.29 bits per heavy atom. The molecule has 8 heteroatoms. The fraction of sp³-hybridized carbons (Fsp3) is 0.154. The average molecular weight is 292 g/mol. The zero-order valence-electron chi connectivity index (χ0n) is 10.8. The first kappa shape index (κ1) is 14.5. The Kier molecular flexibility index (Phi) is 4.50. The number of hydrogen-bond acceptors (Lipinski definition) is 5. The van der Waals surface area contributed by atoms with Crippen molar-refractivity contribution in [2.24, 2.45) is 0 Å². The van der Waals surface area contributed by atoms with Crippen molar-refractivity contribution < 1.29 is 23.6 Å². The van der Waals surface area contributed by atoms with E-state index in [1.807, 2.05) is 5.32 Å². The lowest BCUT2D eigenvalue weighted by Gasteiger charge is -2.07. The molecule has 0 saturated heterocycles. The van der Waals surface area contributed by atoms with Crippen LogP contribution in [0.4, 0.5) is 9.18 Å². The fourth-order valence-electron chi connectivity index (χ4n) is 1.69. The molecule has 1 aromatic heterocycles. The lowest BCUT2D eigenvalue weighted by atomic mass is 10.1. The molecule has 0 aliphatic heterocycles. The standard InChI is InChI=1S/C13H12FN3O4/c14-9-3-1-2-8(6-9)10-7-21-17-11(10)12(18)15-4-5-16-13(19)20/h1-3,6-7,16H,4-5H2,(H,15,18)(H,19,20)/p-1. The molecule has 0 unspecified atom stereocenters. The van der Waals surface area contributed by atoms with Crippen molar-refractivity contribution in [2.45, 2.75) is 0 Å². The van der Waals surface area contributed by atoms with E-state index in [0.717, 1.165) is 0 Å². The van der Waals surface area contributed by atoms with E-state index in [9.17, 15) is 19.1 Å². The van der Waals surface area contributed by atoms with Crippen molar-refractivity contribution in [3.05, 3.63) is 42.0 Å². The highest BCUT2D eigenvalue weighted by molar-refractivity contribution is 5.98. The van der Waals surface area contributed by atoms with E-state index < -0.39 is 17.8 Å². The third-order valence-electron chi connectivity index (χ3n) is 2.60. The minimum atomic E-state index is -1.42. The first-order chi connectivity index (χ1) is 10.1. The Morgan fingerprint density at radius 2 is 2.05 bits per heavy atom. The van der Waals surface area contributed by atoms with Gasteiger partial charge >= 0.3 is 0 Å². The predicted octanol–water partition coefficient (Wildman–Crippen LogP) is 0.143. The van der Waals surface area contributed by atoms with Crippen LogP contribution in [0.1, 0.15) is 10.5 Å². The van der Waals surface area contributed by atoms with Gasteiger partial charge in [-0.15, -0.1) is 0 Å². The van der Waals surface area contributed by atoms with Gasteiger partial charge in [0.15, 0.2) is 5.69 Å². The third kappa shape index (κ3) is 3.78. The van der Waals surface area contributed by atoms with Gasteiger partial charge in [0.1, 0.15) is 18.2 Å². The number of carbonyl (C=O) groups is 2. The Balaban J connectivity index is 2.06. The zero-order valence-corrected chi connectivity index (χ0v) is 10.8. The van der Waals surface area contributed by atoms with Gasteiger partial charge in [-0.05, 0) is 17.7 Å². The van der Waals surface area contributed by atoms with E-state index in [0.29, 0.717) is 11.1 Å². The topological polar surface area (TPSA) is 107 Å². The van der Waals surface area contributed by atoms with Gasteiger partial charge in [0.2, 0.25) is 0 Å². The monoisotopic (exact) mass is 292 g/mol. The summed E-state index contributed by atoms with van der Waals surface area (Å²) in [5.41, 5.74) is 0.795. The van der Waals surface area contributed by atoms with Gasteiger partial charge in [-0.3, -0.25) is 4.79 Å². The van der Waals surface area contributed by atoms with E-state index in [2.05, 4.69) is 10.5 Å². The lowest BCUT2D eigenvalue weighted by molar-refractivity contribution is -0.250. The van der Waals surface area contributed by atoms with Gasteiger partial charge in [-0.1, -0.05) is 17.3 Å². The average Bonchev–Trinajstić information content (AvgIpc) is 2.92. The molecule has 0 fully saturated rings. The van der Waals surface area contributed by atoms with Gasteiger partial charge in [0.25, 0.3) is 5.91 Å². The summed E-state index contributed by atoms with van der Waals surface area (Å²) in [5.74, 6) is -0.999. The van der Waals surface area contributed by atoms with Crippen molar-refractivity contribution in [2.75, 3.05) is 13.1 Å². The van der Waals surface area contributed by atoms with Crippen LogP contribution in [-0.4, -0.2) is 30.2 Å². The van der Waals surface area contributed by atoms with Crippen LogP contribution >= 0.6 is 0 Å². The molecule has 0 aliphatic rings. The van der Waals surface area contributed by atoms with Crippen LogP contribution in [0.2, 0.25) is 0 Å². The Labute approximate surface area is 118 Å². The predicted molar refractivity (Wildman–Crippen MR) is 67.6 cm³/mol.